The molecule has 1 aliphatic heterocycles. The number of benzene rings is 1. The maximum absolute atomic E-state index is 12.5. The molecule has 1 amide bonds. The monoisotopic (exact) mass is 330 g/mol. The van der Waals surface area contributed by atoms with Gasteiger partial charge in [-0.3, -0.25) is 9.69 Å². The zero-order valence-electron chi connectivity index (χ0n) is 16.0. The summed E-state index contributed by atoms with van der Waals surface area (Å²) in [4.78, 5) is 15.0. The fourth-order valence-electron chi connectivity index (χ4n) is 3.79. The Morgan fingerprint density at radius 3 is 2.33 bits per heavy atom. The minimum Gasteiger partial charge on any atom is -0.349 e. The first kappa shape index (κ1) is 19.0. The molecule has 2 rings (SSSR count). The molecule has 134 valence electrons. The molecule has 0 radical (unpaired) electrons. The van der Waals surface area contributed by atoms with Crippen LogP contribution in [0.15, 0.2) is 24.3 Å². The van der Waals surface area contributed by atoms with E-state index in [-0.39, 0.29) is 11.9 Å². The predicted octanol–water partition coefficient (Wildman–Crippen LogP) is 4.33. The van der Waals surface area contributed by atoms with Crippen molar-refractivity contribution in [3.05, 3.63) is 35.4 Å². The average Bonchev–Trinajstić information content (AvgIpc) is 2.52. The largest absolute Gasteiger partial charge is 0.349 e. The van der Waals surface area contributed by atoms with E-state index < -0.39 is 0 Å². The third-order valence-corrected chi connectivity index (χ3v) is 5.10. The Morgan fingerprint density at radius 2 is 1.79 bits per heavy atom. The van der Waals surface area contributed by atoms with Crippen LogP contribution < -0.4 is 5.32 Å². The van der Waals surface area contributed by atoms with Crippen molar-refractivity contribution in [2.45, 2.75) is 60.0 Å². The molecule has 0 unspecified atom stereocenters. The second-order valence-electron chi connectivity index (χ2n) is 8.17. The molecule has 1 N–H and O–H groups in total. The van der Waals surface area contributed by atoms with Crippen molar-refractivity contribution in [2.75, 3.05) is 13.1 Å². The smallest absolute Gasteiger partial charge is 0.251 e. The molecule has 1 fully saturated rings. The molecule has 24 heavy (non-hydrogen) atoms. The summed E-state index contributed by atoms with van der Waals surface area (Å²) in [5, 5.41) is 3.19. The molecule has 1 heterocycles. The van der Waals surface area contributed by atoms with Gasteiger partial charge in [0.05, 0.1) is 0 Å². The number of likely N-dealkylation sites (tertiary alicyclic amines) is 1. The molecule has 3 heteroatoms. The van der Waals surface area contributed by atoms with Crippen molar-refractivity contribution >= 4 is 5.91 Å². The Balaban J connectivity index is 1.94. The standard InChI is InChI=1S/C21H34N2O/c1-15(2)20(16(3)4)22-21(24)19-10-8-18(9-11-19)14-23-12-6-7-17(5)13-23/h8-11,15-17,20H,6-7,12-14H2,1-5H3,(H,22,24)/t17-/m0/s1. The normalized spacial score (nSPS) is 19.2. The first-order valence-electron chi connectivity index (χ1n) is 9.49. The number of amides is 1. The van der Waals surface area contributed by atoms with Gasteiger partial charge in [0, 0.05) is 24.7 Å². The lowest BCUT2D eigenvalue weighted by Gasteiger charge is -2.30. The highest BCUT2D eigenvalue weighted by atomic mass is 16.1. The van der Waals surface area contributed by atoms with Gasteiger partial charge in [-0.05, 0) is 54.8 Å². The van der Waals surface area contributed by atoms with Gasteiger partial charge in [0.1, 0.15) is 0 Å². The van der Waals surface area contributed by atoms with Gasteiger partial charge in [-0.25, -0.2) is 0 Å². The highest BCUT2D eigenvalue weighted by molar-refractivity contribution is 5.94. The number of hydrogen-bond acceptors (Lipinski definition) is 2. The number of hydrogen-bond donors (Lipinski definition) is 1. The Bertz CT molecular complexity index is 513. The van der Waals surface area contributed by atoms with E-state index in [1.807, 2.05) is 12.1 Å². The van der Waals surface area contributed by atoms with Crippen molar-refractivity contribution in [1.29, 1.82) is 0 Å². The predicted molar refractivity (Wildman–Crippen MR) is 101 cm³/mol. The number of piperidine rings is 1. The summed E-state index contributed by atoms with van der Waals surface area (Å²) in [6.07, 6.45) is 2.65. The van der Waals surface area contributed by atoms with E-state index in [1.54, 1.807) is 0 Å². The molecule has 1 saturated heterocycles. The summed E-state index contributed by atoms with van der Waals surface area (Å²) in [6, 6.07) is 8.36. The van der Waals surface area contributed by atoms with E-state index in [1.165, 1.54) is 31.5 Å². The summed E-state index contributed by atoms with van der Waals surface area (Å²) >= 11 is 0. The van der Waals surface area contributed by atoms with Crippen molar-refractivity contribution < 1.29 is 4.79 Å². The molecular formula is C21H34N2O. The maximum Gasteiger partial charge on any atom is 0.251 e. The number of nitrogens with one attached hydrogen (secondary N) is 1. The quantitative estimate of drug-likeness (QED) is 0.842. The summed E-state index contributed by atoms with van der Waals surface area (Å²) in [6.45, 7) is 14.3. The number of carbonyl (C=O) groups excluding carboxylic acids is 1. The van der Waals surface area contributed by atoms with Crippen LogP contribution in [0.2, 0.25) is 0 Å². The molecule has 0 aromatic heterocycles. The van der Waals surface area contributed by atoms with E-state index in [0.29, 0.717) is 11.8 Å². The molecule has 1 aliphatic rings. The Labute approximate surface area is 147 Å². The topological polar surface area (TPSA) is 32.3 Å². The van der Waals surface area contributed by atoms with Crippen LogP contribution in [0, 0.1) is 17.8 Å². The number of rotatable bonds is 6. The van der Waals surface area contributed by atoms with Crippen molar-refractivity contribution in [3.63, 3.8) is 0 Å². The van der Waals surface area contributed by atoms with Crippen LogP contribution in [0.5, 0.6) is 0 Å². The number of nitrogens with zero attached hydrogens (tertiary/aromatic N) is 1. The van der Waals surface area contributed by atoms with Gasteiger partial charge < -0.3 is 5.32 Å². The molecule has 1 aromatic rings. The zero-order chi connectivity index (χ0) is 17.7. The van der Waals surface area contributed by atoms with E-state index in [0.717, 1.165) is 18.0 Å². The first-order chi connectivity index (χ1) is 11.4. The lowest BCUT2D eigenvalue weighted by Crippen LogP contribution is -2.42. The third-order valence-electron chi connectivity index (χ3n) is 5.10. The Morgan fingerprint density at radius 1 is 1.17 bits per heavy atom. The van der Waals surface area contributed by atoms with E-state index >= 15 is 0 Å². The van der Waals surface area contributed by atoms with Crippen LogP contribution in [0.1, 0.15) is 63.4 Å². The van der Waals surface area contributed by atoms with Gasteiger partial charge in [-0.2, -0.15) is 0 Å². The van der Waals surface area contributed by atoms with Crippen LogP contribution in [-0.4, -0.2) is 29.9 Å². The van der Waals surface area contributed by atoms with E-state index in [4.69, 9.17) is 0 Å². The third kappa shape index (κ3) is 5.34. The lowest BCUT2D eigenvalue weighted by molar-refractivity contribution is 0.0910. The Kier molecular flexibility index (Phi) is 6.85. The molecule has 1 atom stereocenters. The van der Waals surface area contributed by atoms with Gasteiger partial charge in [0.15, 0.2) is 0 Å². The van der Waals surface area contributed by atoms with Crippen molar-refractivity contribution in [3.8, 4) is 0 Å². The highest BCUT2D eigenvalue weighted by Gasteiger charge is 2.20. The molecule has 0 spiro atoms. The van der Waals surface area contributed by atoms with Crippen LogP contribution in [0.4, 0.5) is 0 Å². The molecule has 1 aromatic carbocycles. The highest BCUT2D eigenvalue weighted by Crippen LogP contribution is 2.18. The molecule has 0 aliphatic carbocycles. The summed E-state index contributed by atoms with van der Waals surface area (Å²) in [5.41, 5.74) is 2.06. The average molecular weight is 331 g/mol. The minimum absolute atomic E-state index is 0.0422. The van der Waals surface area contributed by atoms with Crippen LogP contribution >= 0.6 is 0 Å². The van der Waals surface area contributed by atoms with Crippen LogP contribution in [0.3, 0.4) is 0 Å². The summed E-state index contributed by atoms with van der Waals surface area (Å²) in [7, 11) is 0. The van der Waals surface area contributed by atoms with Gasteiger partial charge in [-0.1, -0.05) is 46.8 Å². The minimum atomic E-state index is 0.0422. The second kappa shape index (κ2) is 8.66. The van der Waals surface area contributed by atoms with Crippen LogP contribution in [-0.2, 0) is 6.54 Å². The van der Waals surface area contributed by atoms with Gasteiger partial charge in [-0.15, -0.1) is 0 Å². The summed E-state index contributed by atoms with van der Waals surface area (Å²) in [5.74, 6) is 1.72. The molecule has 0 bridgehead atoms. The fourth-order valence-corrected chi connectivity index (χ4v) is 3.79. The summed E-state index contributed by atoms with van der Waals surface area (Å²) < 4.78 is 0. The Hall–Kier alpha value is -1.35. The van der Waals surface area contributed by atoms with E-state index in [2.05, 4.69) is 57.0 Å². The first-order valence-corrected chi connectivity index (χ1v) is 9.49. The molecule has 3 nitrogen and oxygen atoms in total. The second-order valence-corrected chi connectivity index (χ2v) is 8.17. The van der Waals surface area contributed by atoms with Crippen molar-refractivity contribution in [1.82, 2.24) is 10.2 Å². The van der Waals surface area contributed by atoms with Gasteiger partial charge >= 0.3 is 0 Å². The lowest BCUT2D eigenvalue weighted by atomic mass is 9.93. The van der Waals surface area contributed by atoms with Crippen LogP contribution in [0.25, 0.3) is 0 Å². The van der Waals surface area contributed by atoms with Gasteiger partial charge in [0.2, 0.25) is 0 Å². The zero-order valence-corrected chi connectivity index (χ0v) is 16.0. The van der Waals surface area contributed by atoms with E-state index in [9.17, 15) is 4.79 Å². The van der Waals surface area contributed by atoms with Gasteiger partial charge in [0.25, 0.3) is 5.91 Å². The maximum atomic E-state index is 12.5. The number of carbonyl (C=O) groups is 1. The molecule has 0 saturated carbocycles. The fraction of sp³-hybridized carbons (Fsp3) is 0.667. The van der Waals surface area contributed by atoms with Crippen molar-refractivity contribution in [2.24, 2.45) is 17.8 Å². The SMILES string of the molecule is CC(C)C(NC(=O)c1ccc(CN2CCC[C@H](C)C2)cc1)C(C)C. The molecular weight excluding hydrogens is 296 g/mol.